The van der Waals surface area contributed by atoms with Crippen molar-refractivity contribution in [3.63, 3.8) is 0 Å². The topological polar surface area (TPSA) is 61.9 Å². The number of carbonyl (C=O) groups excluding carboxylic acids is 2. The van der Waals surface area contributed by atoms with Gasteiger partial charge in [-0.15, -0.1) is 12.4 Å². The Morgan fingerprint density at radius 3 is 2.88 bits per heavy atom. The molecule has 1 N–H and O–H groups in total. The number of piperidine rings is 1. The second-order valence-corrected chi connectivity index (χ2v) is 6.43. The highest BCUT2D eigenvalue weighted by atomic mass is 35.5. The SMILES string of the molecule is Cl.O=C(CCOc1ccccc1F)N1CCCC(N2CCNCC2=O)C1. The van der Waals surface area contributed by atoms with E-state index in [2.05, 4.69) is 5.32 Å². The second kappa shape index (κ2) is 9.73. The number of para-hydroxylation sites is 1. The van der Waals surface area contributed by atoms with Gasteiger partial charge >= 0.3 is 0 Å². The van der Waals surface area contributed by atoms with Gasteiger partial charge in [-0.1, -0.05) is 12.1 Å². The van der Waals surface area contributed by atoms with Crippen LogP contribution in [0.4, 0.5) is 4.39 Å². The number of piperazine rings is 1. The van der Waals surface area contributed by atoms with E-state index >= 15 is 0 Å². The van der Waals surface area contributed by atoms with Gasteiger partial charge in [-0.2, -0.15) is 0 Å². The molecular formula is C18H25ClFN3O3. The maximum atomic E-state index is 13.5. The van der Waals surface area contributed by atoms with Crippen LogP contribution in [0.2, 0.25) is 0 Å². The van der Waals surface area contributed by atoms with Gasteiger partial charge in [0.1, 0.15) is 0 Å². The summed E-state index contributed by atoms with van der Waals surface area (Å²) >= 11 is 0. The summed E-state index contributed by atoms with van der Waals surface area (Å²) in [4.78, 5) is 28.1. The van der Waals surface area contributed by atoms with Crippen molar-refractivity contribution in [2.24, 2.45) is 0 Å². The molecule has 0 saturated carbocycles. The number of likely N-dealkylation sites (tertiary alicyclic amines) is 1. The third-order valence-corrected chi connectivity index (χ3v) is 4.73. The molecule has 0 spiro atoms. The van der Waals surface area contributed by atoms with Gasteiger partial charge in [-0.25, -0.2) is 4.39 Å². The van der Waals surface area contributed by atoms with Crippen LogP contribution in [-0.4, -0.2) is 67.0 Å². The van der Waals surface area contributed by atoms with Gasteiger partial charge in [0, 0.05) is 32.2 Å². The lowest BCUT2D eigenvalue weighted by atomic mass is 10.0. The summed E-state index contributed by atoms with van der Waals surface area (Å²) in [6.45, 7) is 3.29. The Balaban J connectivity index is 0.00000243. The van der Waals surface area contributed by atoms with E-state index in [4.69, 9.17) is 4.74 Å². The lowest BCUT2D eigenvalue weighted by Gasteiger charge is -2.41. The summed E-state index contributed by atoms with van der Waals surface area (Å²) in [7, 11) is 0. The number of nitrogens with one attached hydrogen (secondary N) is 1. The molecule has 2 amide bonds. The van der Waals surface area contributed by atoms with Gasteiger partial charge in [0.15, 0.2) is 11.6 Å². The van der Waals surface area contributed by atoms with Crippen LogP contribution in [0, 0.1) is 5.82 Å². The van der Waals surface area contributed by atoms with Crippen molar-refractivity contribution in [2.45, 2.75) is 25.3 Å². The predicted octanol–water partition coefficient (Wildman–Crippen LogP) is 1.44. The normalized spacial score (nSPS) is 20.5. The number of halogens is 2. The van der Waals surface area contributed by atoms with Crippen LogP contribution in [0.3, 0.4) is 0 Å². The van der Waals surface area contributed by atoms with Crippen molar-refractivity contribution in [3.8, 4) is 5.75 Å². The van der Waals surface area contributed by atoms with Crippen LogP contribution in [-0.2, 0) is 9.59 Å². The first-order valence-electron chi connectivity index (χ1n) is 8.80. The van der Waals surface area contributed by atoms with Crippen LogP contribution in [0.15, 0.2) is 24.3 Å². The quantitative estimate of drug-likeness (QED) is 0.833. The van der Waals surface area contributed by atoms with Gasteiger partial charge in [0.05, 0.1) is 19.6 Å². The largest absolute Gasteiger partial charge is 0.490 e. The molecule has 2 aliphatic heterocycles. The Labute approximate surface area is 159 Å². The lowest BCUT2D eigenvalue weighted by molar-refractivity contribution is -0.140. The number of ether oxygens (including phenoxy) is 1. The van der Waals surface area contributed by atoms with Crippen LogP contribution in [0.25, 0.3) is 0 Å². The molecule has 0 aromatic heterocycles. The smallest absolute Gasteiger partial charge is 0.236 e. The number of hydrogen-bond donors (Lipinski definition) is 1. The van der Waals surface area contributed by atoms with Crippen LogP contribution in [0.1, 0.15) is 19.3 Å². The molecule has 6 nitrogen and oxygen atoms in total. The standard InChI is InChI=1S/C18H24FN3O3.ClH/c19-15-5-1-2-6-16(15)25-11-7-17(23)21-9-3-4-14(13-21)22-10-8-20-12-18(22)24;/h1-2,5-6,14,20H,3-4,7-13H2;1H. The van der Waals surface area contributed by atoms with E-state index in [0.717, 1.165) is 19.4 Å². The first-order chi connectivity index (χ1) is 12.1. The van der Waals surface area contributed by atoms with Gasteiger partial charge < -0.3 is 19.9 Å². The minimum atomic E-state index is -0.426. The van der Waals surface area contributed by atoms with Crippen molar-refractivity contribution in [3.05, 3.63) is 30.1 Å². The highest BCUT2D eigenvalue weighted by Crippen LogP contribution is 2.19. The van der Waals surface area contributed by atoms with Crippen molar-refractivity contribution in [1.82, 2.24) is 15.1 Å². The summed E-state index contributed by atoms with van der Waals surface area (Å²) in [5.41, 5.74) is 0. The number of benzene rings is 1. The maximum absolute atomic E-state index is 13.5. The summed E-state index contributed by atoms with van der Waals surface area (Å²) in [5, 5.41) is 3.07. The van der Waals surface area contributed by atoms with E-state index in [0.29, 0.717) is 26.2 Å². The predicted molar refractivity (Wildman–Crippen MR) is 97.9 cm³/mol. The molecule has 26 heavy (non-hydrogen) atoms. The van der Waals surface area contributed by atoms with Gasteiger partial charge in [0.2, 0.25) is 11.8 Å². The molecule has 0 radical (unpaired) electrons. The number of amides is 2. The molecule has 0 bridgehead atoms. The van der Waals surface area contributed by atoms with Crippen LogP contribution < -0.4 is 10.1 Å². The summed E-state index contributed by atoms with van der Waals surface area (Å²) in [5.74, 6) is -0.166. The van der Waals surface area contributed by atoms with E-state index in [1.807, 2.05) is 4.90 Å². The van der Waals surface area contributed by atoms with Gasteiger partial charge in [0.25, 0.3) is 0 Å². The molecule has 3 rings (SSSR count). The zero-order valence-corrected chi connectivity index (χ0v) is 15.5. The van der Waals surface area contributed by atoms with E-state index in [1.165, 1.54) is 6.07 Å². The highest BCUT2D eigenvalue weighted by Gasteiger charge is 2.31. The third-order valence-electron chi connectivity index (χ3n) is 4.73. The number of rotatable bonds is 5. The minimum Gasteiger partial charge on any atom is -0.490 e. The molecule has 8 heteroatoms. The first-order valence-corrected chi connectivity index (χ1v) is 8.80. The molecule has 1 unspecified atom stereocenters. The van der Waals surface area contributed by atoms with Gasteiger partial charge in [-0.3, -0.25) is 9.59 Å². The fourth-order valence-corrected chi connectivity index (χ4v) is 3.41. The molecule has 2 fully saturated rings. The molecule has 144 valence electrons. The van der Waals surface area contributed by atoms with Crippen molar-refractivity contribution in [2.75, 3.05) is 39.3 Å². The Bertz CT molecular complexity index is 631. The summed E-state index contributed by atoms with van der Waals surface area (Å²) in [6.07, 6.45) is 2.03. The number of carbonyl (C=O) groups is 2. The molecule has 0 aliphatic carbocycles. The Morgan fingerprint density at radius 2 is 2.12 bits per heavy atom. The van der Waals surface area contributed by atoms with Gasteiger partial charge in [-0.05, 0) is 25.0 Å². The van der Waals surface area contributed by atoms with E-state index in [-0.39, 0.29) is 49.0 Å². The monoisotopic (exact) mass is 385 g/mol. The molecule has 1 aromatic carbocycles. The Kier molecular flexibility index (Phi) is 7.66. The highest BCUT2D eigenvalue weighted by molar-refractivity contribution is 5.85. The average Bonchev–Trinajstić information content (AvgIpc) is 2.64. The second-order valence-electron chi connectivity index (χ2n) is 6.43. The molecule has 2 aliphatic rings. The van der Waals surface area contributed by atoms with E-state index in [1.54, 1.807) is 23.1 Å². The number of hydrogen-bond acceptors (Lipinski definition) is 4. The molecule has 2 saturated heterocycles. The summed E-state index contributed by atoms with van der Waals surface area (Å²) < 4.78 is 18.9. The van der Waals surface area contributed by atoms with Crippen LogP contribution in [0.5, 0.6) is 5.75 Å². The average molecular weight is 386 g/mol. The fraction of sp³-hybridized carbons (Fsp3) is 0.556. The lowest BCUT2D eigenvalue weighted by Crippen LogP contribution is -2.57. The minimum absolute atomic E-state index is 0. The Hall–Kier alpha value is -1.86. The molecule has 1 atom stereocenters. The third kappa shape index (κ3) is 5.08. The molecular weight excluding hydrogens is 361 g/mol. The van der Waals surface area contributed by atoms with E-state index in [9.17, 15) is 14.0 Å². The summed E-state index contributed by atoms with van der Waals surface area (Å²) in [6, 6.07) is 6.27. The van der Waals surface area contributed by atoms with Crippen molar-refractivity contribution in [1.29, 1.82) is 0 Å². The maximum Gasteiger partial charge on any atom is 0.236 e. The van der Waals surface area contributed by atoms with Crippen molar-refractivity contribution >= 4 is 24.2 Å². The first kappa shape index (κ1) is 20.5. The van der Waals surface area contributed by atoms with E-state index < -0.39 is 5.82 Å². The zero-order chi connectivity index (χ0) is 17.6. The molecule has 2 heterocycles. The van der Waals surface area contributed by atoms with Crippen LogP contribution >= 0.6 is 12.4 Å². The number of nitrogens with zero attached hydrogens (tertiary/aromatic N) is 2. The molecule has 1 aromatic rings. The van der Waals surface area contributed by atoms with Crippen molar-refractivity contribution < 1.29 is 18.7 Å². The Morgan fingerprint density at radius 1 is 1.31 bits per heavy atom. The fourth-order valence-electron chi connectivity index (χ4n) is 3.41. The zero-order valence-electron chi connectivity index (χ0n) is 14.7.